The molecule has 1 aromatic carbocycles. The molecule has 16 heavy (non-hydrogen) atoms. The number of nitrogens with zero attached hydrogens (tertiary/aromatic N) is 2. The summed E-state index contributed by atoms with van der Waals surface area (Å²) in [6, 6.07) is 9.84. The van der Waals surface area contributed by atoms with Crippen molar-refractivity contribution < 1.29 is 0 Å². The van der Waals surface area contributed by atoms with Gasteiger partial charge in [0, 0.05) is 24.5 Å². The van der Waals surface area contributed by atoms with Gasteiger partial charge in [0.05, 0.1) is 6.07 Å². The van der Waals surface area contributed by atoms with Crippen molar-refractivity contribution in [3.63, 3.8) is 0 Å². The average Bonchev–Trinajstić information content (AvgIpc) is 2.29. The van der Waals surface area contributed by atoms with Crippen LogP contribution in [-0.2, 0) is 0 Å². The lowest BCUT2D eigenvalue weighted by Gasteiger charge is -2.10. The Hall–Kier alpha value is -1.30. The van der Waals surface area contributed by atoms with Crippen LogP contribution < -0.4 is 0 Å². The maximum atomic E-state index is 8.44. The molecule has 0 aliphatic carbocycles. The van der Waals surface area contributed by atoms with Crippen molar-refractivity contribution in [2.24, 2.45) is 0 Å². The van der Waals surface area contributed by atoms with Gasteiger partial charge in [0.15, 0.2) is 0 Å². The summed E-state index contributed by atoms with van der Waals surface area (Å²) >= 11 is 5.79. The van der Waals surface area contributed by atoms with Gasteiger partial charge >= 0.3 is 0 Å². The molecule has 0 radical (unpaired) electrons. The first kappa shape index (κ1) is 12.8. The van der Waals surface area contributed by atoms with Gasteiger partial charge in [-0.1, -0.05) is 35.9 Å². The highest BCUT2D eigenvalue weighted by Crippen LogP contribution is 2.10. The summed E-state index contributed by atoms with van der Waals surface area (Å²) < 4.78 is 0. The minimum absolute atomic E-state index is 0.575. The lowest BCUT2D eigenvalue weighted by Crippen LogP contribution is -2.18. The molecule has 2 nitrogen and oxygen atoms in total. The number of nitriles is 1. The van der Waals surface area contributed by atoms with E-state index in [0.717, 1.165) is 23.7 Å². The fourth-order valence-corrected chi connectivity index (χ4v) is 1.40. The van der Waals surface area contributed by atoms with Gasteiger partial charge in [-0.2, -0.15) is 5.26 Å². The summed E-state index contributed by atoms with van der Waals surface area (Å²) in [5.41, 5.74) is 1.14. The molecule has 0 saturated carbocycles. The highest BCUT2D eigenvalue weighted by atomic mass is 35.5. The van der Waals surface area contributed by atoms with Crippen LogP contribution in [0.5, 0.6) is 0 Å². The van der Waals surface area contributed by atoms with Crippen LogP contribution >= 0.6 is 11.6 Å². The van der Waals surface area contributed by atoms with Gasteiger partial charge in [-0.3, -0.25) is 0 Å². The molecule has 0 aliphatic heterocycles. The molecule has 0 saturated heterocycles. The molecule has 0 atom stereocenters. The maximum Gasteiger partial charge on any atom is 0.0635 e. The Morgan fingerprint density at radius 1 is 1.38 bits per heavy atom. The molecule has 0 amide bonds. The van der Waals surface area contributed by atoms with Gasteiger partial charge < -0.3 is 4.90 Å². The molecule has 3 heteroatoms. The lowest BCUT2D eigenvalue weighted by atomic mass is 10.2. The van der Waals surface area contributed by atoms with E-state index in [-0.39, 0.29) is 0 Å². The van der Waals surface area contributed by atoms with E-state index in [0.29, 0.717) is 6.42 Å². The first-order valence-electron chi connectivity index (χ1n) is 5.20. The third-order valence-corrected chi connectivity index (χ3v) is 2.45. The van der Waals surface area contributed by atoms with Crippen molar-refractivity contribution in [1.82, 2.24) is 4.90 Å². The van der Waals surface area contributed by atoms with Crippen molar-refractivity contribution in [1.29, 1.82) is 5.26 Å². The standard InChI is InChI=1S/C13H15ClN2/c1-16(11-3-9-15)10-2-4-12-5-7-13(14)8-6-12/h2,4-8H,3,10-11H2,1H3. The Labute approximate surface area is 102 Å². The quantitative estimate of drug-likeness (QED) is 0.782. The van der Waals surface area contributed by atoms with E-state index in [1.807, 2.05) is 31.3 Å². The summed E-state index contributed by atoms with van der Waals surface area (Å²) in [5, 5.41) is 9.19. The highest BCUT2D eigenvalue weighted by Gasteiger charge is 1.93. The summed E-state index contributed by atoms with van der Waals surface area (Å²) in [6.07, 6.45) is 4.71. The maximum absolute atomic E-state index is 8.44. The minimum Gasteiger partial charge on any atom is -0.302 e. The summed E-state index contributed by atoms with van der Waals surface area (Å²) in [5.74, 6) is 0. The zero-order valence-corrected chi connectivity index (χ0v) is 10.1. The van der Waals surface area contributed by atoms with Crippen molar-refractivity contribution in [2.45, 2.75) is 6.42 Å². The predicted molar refractivity (Wildman–Crippen MR) is 68.2 cm³/mol. The van der Waals surface area contributed by atoms with Gasteiger partial charge in [0.1, 0.15) is 0 Å². The molecule has 0 aromatic heterocycles. The molecule has 0 fully saturated rings. The topological polar surface area (TPSA) is 27.0 Å². The van der Waals surface area contributed by atoms with Crippen molar-refractivity contribution in [2.75, 3.05) is 20.1 Å². The highest BCUT2D eigenvalue weighted by molar-refractivity contribution is 6.30. The van der Waals surface area contributed by atoms with Crippen LogP contribution in [0, 0.1) is 11.3 Å². The van der Waals surface area contributed by atoms with Gasteiger partial charge in [-0.05, 0) is 24.7 Å². The number of likely N-dealkylation sites (N-methyl/N-ethyl adjacent to an activating group) is 1. The zero-order chi connectivity index (χ0) is 11.8. The zero-order valence-electron chi connectivity index (χ0n) is 9.36. The monoisotopic (exact) mass is 234 g/mol. The predicted octanol–water partition coefficient (Wildman–Crippen LogP) is 3.20. The van der Waals surface area contributed by atoms with E-state index in [2.05, 4.69) is 23.1 Å². The molecule has 0 aliphatic rings. The van der Waals surface area contributed by atoms with E-state index in [9.17, 15) is 0 Å². The largest absolute Gasteiger partial charge is 0.302 e. The first-order chi connectivity index (χ1) is 7.72. The fraction of sp³-hybridized carbons (Fsp3) is 0.308. The number of benzene rings is 1. The molecular weight excluding hydrogens is 220 g/mol. The van der Waals surface area contributed by atoms with Crippen LogP contribution in [0.3, 0.4) is 0 Å². The van der Waals surface area contributed by atoms with E-state index in [1.54, 1.807) is 0 Å². The van der Waals surface area contributed by atoms with Gasteiger partial charge in [-0.15, -0.1) is 0 Å². The van der Waals surface area contributed by atoms with E-state index in [1.165, 1.54) is 0 Å². The second kappa shape index (κ2) is 7.05. The Bertz CT molecular complexity index is 376. The molecule has 1 rings (SSSR count). The first-order valence-corrected chi connectivity index (χ1v) is 5.58. The lowest BCUT2D eigenvalue weighted by molar-refractivity contribution is 0.380. The van der Waals surface area contributed by atoms with Crippen molar-refractivity contribution in [3.05, 3.63) is 40.9 Å². The smallest absolute Gasteiger partial charge is 0.0635 e. The number of halogens is 1. The van der Waals surface area contributed by atoms with Crippen LogP contribution in [0.15, 0.2) is 30.3 Å². The molecule has 1 aromatic rings. The Kier molecular flexibility index (Phi) is 5.63. The fourth-order valence-electron chi connectivity index (χ4n) is 1.27. The second-order valence-corrected chi connectivity index (χ2v) is 4.06. The van der Waals surface area contributed by atoms with Gasteiger partial charge in [0.25, 0.3) is 0 Å². The van der Waals surface area contributed by atoms with Crippen LogP contribution in [0.2, 0.25) is 5.02 Å². The van der Waals surface area contributed by atoms with Crippen LogP contribution in [-0.4, -0.2) is 25.0 Å². The molecule has 0 unspecified atom stereocenters. The third kappa shape index (κ3) is 4.97. The Balaban J connectivity index is 2.37. The van der Waals surface area contributed by atoms with Gasteiger partial charge in [-0.25, -0.2) is 0 Å². The van der Waals surface area contributed by atoms with Crippen LogP contribution in [0.4, 0.5) is 0 Å². The summed E-state index contributed by atoms with van der Waals surface area (Å²) in [4.78, 5) is 2.11. The van der Waals surface area contributed by atoms with Crippen LogP contribution in [0.1, 0.15) is 12.0 Å². The Morgan fingerprint density at radius 2 is 2.06 bits per heavy atom. The SMILES string of the molecule is CN(CC=Cc1ccc(Cl)cc1)CCC#N. The van der Waals surface area contributed by atoms with Crippen LogP contribution in [0.25, 0.3) is 6.08 Å². The van der Waals surface area contributed by atoms with E-state index < -0.39 is 0 Å². The van der Waals surface area contributed by atoms with Gasteiger partial charge in [0.2, 0.25) is 0 Å². The summed E-state index contributed by atoms with van der Waals surface area (Å²) in [6.45, 7) is 1.66. The molecular formula is C13H15ClN2. The second-order valence-electron chi connectivity index (χ2n) is 3.62. The normalized spacial score (nSPS) is 10.9. The van der Waals surface area contributed by atoms with Crippen molar-refractivity contribution >= 4 is 17.7 Å². The number of rotatable bonds is 5. The number of hydrogen-bond donors (Lipinski definition) is 0. The van der Waals surface area contributed by atoms with E-state index in [4.69, 9.17) is 16.9 Å². The molecule has 0 bridgehead atoms. The Morgan fingerprint density at radius 3 is 2.69 bits per heavy atom. The minimum atomic E-state index is 0.575. The molecule has 0 N–H and O–H groups in total. The average molecular weight is 235 g/mol. The van der Waals surface area contributed by atoms with E-state index >= 15 is 0 Å². The number of hydrogen-bond acceptors (Lipinski definition) is 2. The third-order valence-electron chi connectivity index (χ3n) is 2.20. The molecule has 0 spiro atoms. The molecule has 0 heterocycles. The summed E-state index contributed by atoms with van der Waals surface area (Å²) in [7, 11) is 2.00. The molecule has 84 valence electrons. The van der Waals surface area contributed by atoms with Crippen molar-refractivity contribution in [3.8, 4) is 6.07 Å².